The second-order valence-corrected chi connectivity index (χ2v) is 4.88. The molecule has 0 radical (unpaired) electrons. The third-order valence-corrected chi connectivity index (χ3v) is 3.40. The van der Waals surface area contributed by atoms with Crippen LogP contribution in [0.1, 0.15) is 36.2 Å². The molecule has 0 bridgehead atoms. The maximum absolute atomic E-state index is 13.4. The van der Waals surface area contributed by atoms with Crippen LogP contribution in [0.3, 0.4) is 0 Å². The lowest BCUT2D eigenvalue weighted by molar-refractivity contribution is 0.622. The van der Waals surface area contributed by atoms with Gasteiger partial charge in [0.05, 0.1) is 0 Å². The fraction of sp³-hybridized carbons (Fsp3) is 0.353. The summed E-state index contributed by atoms with van der Waals surface area (Å²) >= 11 is 0. The molecule has 0 fully saturated rings. The molecule has 20 heavy (non-hydrogen) atoms. The molecule has 0 amide bonds. The predicted molar refractivity (Wildman–Crippen MR) is 80.2 cm³/mol. The zero-order valence-corrected chi connectivity index (χ0v) is 12.1. The summed E-state index contributed by atoms with van der Waals surface area (Å²) in [5, 5.41) is 3.29. The van der Waals surface area contributed by atoms with E-state index in [1.807, 2.05) is 18.3 Å². The first-order valence-corrected chi connectivity index (χ1v) is 7.14. The summed E-state index contributed by atoms with van der Waals surface area (Å²) in [6.07, 6.45) is 3.56. The van der Waals surface area contributed by atoms with Crippen molar-refractivity contribution in [2.45, 2.75) is 33.2 Å². The summed E-state index contributed by atoms with van der Waals surface area (Å²) in [4.78, 5) is 4.45. The first-order valence-electron chi connectivity index (χ1n) is 7.14. The number of halogens is 1. The van der Waals surface area contributed by atoms with Crippen molar-refractivity contribution in [2.75, 3.05) is 6.54 Å². The maximum atomic E-state index is 13.4. The van der Waals surface area contributed by atoms with Gasteiger partial charge in [-0.1, -0.05) is 26.0 Å². The summed E-state index contributed by atoms with van der Waals surface area (Å²) in [6, 6.07) is 9.10. The number of nitrogens with zero attached hydrogens (tertiary/aromatic N) is 1. The van der Waals surface area contributed by atoms with E-state index in [0.717, 1.165) is 36.3 Å². The Morgan fingerprint density at radius 2 is 1.95 bits per heavy atom. The Kier molecular flexibility index (Phi) is 5.24. The number of benzene rings is 1. The Bertz CT molecular complexity index is 549. The molecule has 0 saturated heterocycles. The van der Waals surface area contributed by atoms with E-state index in [2.05, 4.69) is 30.2 Å². The first kappa shape index (κ1) is 14.7. The number of hydrogen-bond donors (Lipinski definition) is 1. The first-order chi connectivity index (χ1) is 9.72. The van der Waals surface area contributed by atoms with E-state index in [0.29, 0.717) is 6.42 Å². The normalized spacial score (nSPS) is 10.8. The van der Waals surface area contributed by atoms with Crippen molar-refractivity contribution in [2.24, 2.45) is 0 Å². The van der Waals surface area contributed by atoms with Gasteiger partial charge in [-0.2, -0.15) is 0 Å². The summed E-state index contributed by atoms with van der Waals surface area (Å²) < 4.78 is 13.4. The highest BCUT2D eigenvalue weighted by Crippen LogP contribution is 2.15. The Balaban J connectivity index is 2.19. The van der Waals surface area contributed by atoms with Gasteiger partial charge < -0.3 is 5.32 Å². The van der Waals surface area contributed by atoms with Gasteiger partial charge in [0.15, 0.2) is 0 Å². The lowest BCUT2D eigenvalue weighted by Crippen LogP contribution is -2.13. The molecule has 1 N–H and O–H groups in total. The smallest absolute Gasteiger partial charge is 0.123 e. The van der Waals surface area contributed by atoms with Gasteiger partial charge in [0, 0.05) is 24.9 Å². The van der Waals surface area contributed by atoms with E-state index in [-0.39, 0.29) is 5.82 Å². The lowest BCUT2D eigenvalue weighted by atomic mass is 10.0. The topological polar surface area (TPSA) is 24.9 Å². The third-order valence-electron chi connectivity index (χ3n) is 3.40. The molecule has 2 nitrogen and oxygen atoms in total. The zero-order chi connectivity index (χ0) is 14.4. The molecule has 0 aliphatic rings. The molecular formula is C17H21FN2. The fourth-order valence-corrected chi connectivity index (χ4v) is 2.16. The second-order valence-electron chi connectivity index (χ2n) is 4.88. The molecule has 1 aromatic carbocycles. The minimum Gasteiger partial charge on any atom is -0.313 e. The van der Waals surface area contributed by atoms with E-state index >= 15 is 0 Å². The van der Waals surface area contributed by atoms with Crippen molar-refractivity contribution in [1.29, 1.82) is 0 Å². The summed E-state index contributed by atoms with van der Waals surface area (Å²) in [5.41, 5.74) is 4.34. The molecule has 0 saturated carbocycles. The van der Waals surface area contributed by atoms with Crippen LogP contribution in [0.15, 0.2) is 36.5 Å². The van der Waals surface area contributed by atoms with Crippen molar-refractivity contribution in [1.82, 2.24) is 10.3 Å². The van der Waals surface area contributed by atoms with E-state index in [9.17, 15) is 4.39 Å². The van der Waals surface area contributed by atoms with Crippen molar-refractivity contribution in [3.8, 4) is 0 Å². The van der Waals surface area contributed by atoms with Crippen LogP contribution in [0.4, 0.5) is 4.39 Å². The second kappa shape index (κ2) is 7.15. The highest BCUT2D eigenvalue weighted by atomic mass is 19.1. The highest BCUT2D eigenvalue weighted by molar-refractivity contribution is 5.32. The van der Waals surface area contributed by atoms with Gasteiger partial charge in [0.2, 0.25) is 0 Å². The molecule has 0 aliphatic heterocycles. The molecular weight excluding hydrogens is 251 g/mol. The summed E-state index contributed by atoms with van der Waals surface area (Å²) in [5.74, 6) is -0.189. The number of nitrogens with one attached hydrogen (secondary N) is 1. The van der Waals surface area contributed by atoms with Crippen LogP contribution in [0, 0.1) is 5.82 Å². The van der Waals surface area contributed by atoms with Crippen LogP contribution in [0.2, 0.25) is 0 Å². The van der Waals surface area contributed by atoms with E-state index in [1.165, 1.54) is 11.6 Å². The number of pyridine rings is 1. The van der Waals surface area contributed by atoms with Gasteiger partial charge in [-0.3, -0.25) is 4.98 Å². The van der Waals surface area contributed by atoms with E-state index in [1.54, 1.807) is 6.07 Å². The lowest BCUT2D eigenvalue weighted by Gasteiger charge is -2.10. The molecule has 2 rings (SSSR count). The van der Waals surface area contributed by atoms with Crippen LogP contribution >= 0.6 is 0 Å². The number of hydrogen-bond acceptors (Lipinski definition) is 2. The van der Waals surface area contributed by atoms with Crippen LogP contribution in [-0.2, 0) is 19.4 Å². The van der Waals surface area contributed by atoms with Crippen molar-refractivity contribution < 1.29 is 4.39 Å². The zero-order valence-electron chi connectivity index (χ0n) is 12.1. The van der Waals surface area contributed by atoms with Gasteiger partial charge in [0.25, 0.3) is 0 Å². The SMILES string of the molecule is CCNCc1ccc(F)cc1Cc1ccc(CC)cn1. The van der Waals surface area contributed by atoms with Crippen LogP contribution in [0.5, 0.6) is 0 Å². The number of aromatic nitrogens is 1. The molecule has 3 heteroatoms. The third kappa shape index (κ3) is 3.87. The van der Waals surface area contributed by atoms with Gasteiger partial charge in [0.1, 0.15) is 5.82 Å². The largest absolute Gasteiger partial charge is 0.313 e. The van der Waals surface area contributed by atoms with Crippen molar-refractivity contribution in [3.05, 3.63) is 64.7 Å². The monoisotopic (exact) mass is 272 g/mol. The molecule has 0 spiro atoms. The Morgan fingerprint density at radius 3 is 2.60 bits per heavy atom. The van der Waals surface area contributed by atoms with Gasteiger partial charge in [-0.15, -0.1) is 0 Å². The maximum Gasteiger partial charge on any atom is 0.123 e. The van der Waals surface area contributed by atoms with Crippen LogP contribution in [0.25, 0.3) is 0 Å². The number of rotatable bonds is 6. The highest BCUT2D eigenvalue weighted by Gasteiger charge is 2.06. The molecule has 1 heterocycles. The van der Waals surface area contributed by atoms with E-state index < -0.39 is 0 Å². The predicted octanol–water partition coefficient (Wildman–Crippen LogP) is 3.48. The Hall–Kier alpha value is -1.74. The summed E-state index contributed by atoms with van der Waals surface area (Å²) in [7, 11) is 0. The number of aryl methyl sites for hydroxylation is 1. The molecule has 0 aliphatic carbocycles. The average Bonchev–Trinajstić information content (AvgIpc) is 2.47. The quantitative estimate of drug-likeness (QED) is 0.870. The molecule has 1 aromatic heterocycles. The minimum atomic E-state index is -0.189. The van der Waals surface area contributed by atoms with E-state index in [4.69, 9.17) is 0 Å². The molecule has 2 aromatic rings. The molecule has 0 atom stereocenters. The molecule has 106 valence electrons. The Morgan fingerprint density at radius 1 is 1.10 bits per heavy atom. The Labute approximate surface area is 120 Å². The molecule has 0 unspecified atom stereocenters. The van der Waals surface area contributed by atoms with Crippen molar-refractivity contribution >= 4 is 0 Å². The van der Waals surface area contributed by atoms with Gasteiger partial charge in [-0.05, 0) is 47.9 Å². The van der Waals surface area contributed by atoms with Gasteiger partial charge in [-0.25, -0.2) is 4.39 Å². The van der Waals surface area contributed by atoms with Crippen molar-refractivity contribution in [3.63, 3.8) is 0 Å². The van der Waals surface area contributed by atoms with Crippen LogP contribution < -0.4 is 5.32 Å². The average molecular weight is 272 g/mol. The fourth-order valence-electron chi connectivity index (χ4n) is 2.16. The summed E-state index contributed by atoms with van der Waals surface area (Å²) in [6.45, 7) is 5.84. The standard InChI is InChI=1S/C17H21FN2/c1-3-13-5-8-17(20-11-13)10-15-9-16(18)7-6-14(15)12-19-4-2/h5-9,11,19H,3-4,10,12H2,1-2H3. The van der Waals surface area contributed by atoms with Gasteiger partial charge >= 0.3 is 0 Å². The van der Waals surface area contributed by atoms with Crippen LogP contribution in [-0.4, -0.2) is 11.5 Å². The minimum absolute atomic E-state index is 0.189.